The molecule has 1 aromatic heterocycles. The number of aromatic nitrogens is 1. The monoisotopic (exact) mass is 291 g/mol. The number of hydrogen-bond acceptors (Lipinski definition) is 3. The Kier molecular flexibility index (Phi) is 4.59. The lowest BCUT2D eigenvalue weighted by Crippen LogP contribution is -2.32. The van der Waals surface area contributed by atoms with Crippen LogP contribution in [0.1, 0.15) is 11.6 Å². The number of pyridine rings is 1. The Morgan fingerprint density at radius 3 is 2.57 bits per heavy atom. The van der Waals surface area contributed by atoms with Gasteiger partial charge >= 0.3 is 0 Å². The van der Waals surface area contributed by atoms with Crippen molar-refractivity contribution in [1.29, 1.82) is 0 Å². The van der Waals surface area contributed by atoms with Gasteiger partial charge < -0.3 is 5.32 Å². The van der Waals surface area contributed by atoms with Crippen LogP contribution in [0.2, 0.25) is 0 Å². The molecule has 4 nitrogen and oxygen atoms in total. The lowest BCUT2D eigenvalue weighted by Gasteiger charge is -2.23. The molecule has 0 saturated heterocycles. The molecule has 1 amide bonds. The second-order valence-corrected chi connectivity index (χ2v) is 4.77. The predicted molar refractivity (Wildman–Crippen MR) is 75.7 cm³/mol. The van der Waals surface area contributed by atoms with Crippen molar-refractivity contribution in [2.75, 3.05) is 19.4 Å². The van der Waals surface area contributed by atoms with Crippen LogP contribution in [-0.2, 0) is 4.79 Å². The standard InChI is InChI=1S/C15H15F2N3O/c1-20(2)14(10-4-3-7-18-9-10)15(21)19-11-5-6-12(16)13(17)8-11/h3-9,14H,1-2H3,(H,19,21). The second kappa shape index (κ2) is 6.41. The number of nitrogens with one attached hydrogen (secondary N) is 1. The summed E-state index contributed by atoms with van der Waals surface area (Å²) in [5.41, 5.74) is 0.914. The molecule has 0 aliphatic carbocycles. The summed E-state index contributed by atoms with van der Waals surface area (Å²) >= 11 is 0. The highest BCUT2D eigenvalue weighted by molar-refractivity contribution is 5.95. The fourth-order valence-corrected chi connectivity index (χ4v) is 2.01. The summed E-state index contributed by atoms with van der Waals surface area (Å²) in [6, 6.07) is 6.17. The van der Waals surface area contributed by atoms with Gasteiger partial charge in [0.1, 0.15) is 6.04 Å². The van der Waals surface area contributed by atoms with Gasteiger partial charge in [-0.05, 0) is 37.9 Å². The summed E-state index contributed by atoms with van der Waals surface area (Å²) < 4.78 is 26.0. The van der Waals surface area contributed by atoms with Crippen LogP contribution in [0.4, 0.5) is 14.5 Å². The molecule has 6 heteroatoms. The van der Waals surface area contributed by atoms with E-state index in [1.807, 2.05) is 0 Å². The molecule has 1 N–H and O–H groups in total. The molecule has 0 fully saturated rings. The molecule has 0 bridgehead atoms. The molecular weight excluding hydrogens is 276 g/mol. The molecule has 1 heterocycles. The Morgan fingerprint density at radius 2 is 2.00 bits per heavy atom. The Balaban J connectivity index is 2.21. The first-order valence-corrected chi connectivity index (χ1v) is 6.31. The molecule has 0 radical (unpaired) electrons. The van der Waals surface area contributed by atoms with Crippen molar-refractivity contribution in [1.82, 2.24) is 9.88 Å². The fraction of sp³-hybridized carbons (Fsp3) is 0.200. The van der Waals surface area contributed by atoms with Crippen molar-refractivity contribution in [2.24, 2.45) is 0 Å². The molecule has 0 aliphatic heterocycles. The molecule has 21 heavy (non-hydrogen) atoms. The van der Waals surface area contributed by atoms with Gasteiger partial charge in [0, 0.05) is 24.1 Å². The molecule has 0 saturated carbocycles. The van der Waals surface area contributed by atoms with E-state index in [2.05, 4.69) is 10.3 Å². The number of halogens is 2. The normalized spacial score (nSPS) is 12.2. The highest BCUT2D eigenvalue weighted by Crippen LogP contribution is 2.20. The van der Waals surface area contributed by atoms with Crippen LogP contribution in [0.3, 0.4) is 0 Å². The maximum absolute atomic E-state index is 13.2. The minimum absolute atomic E-state index is 0.203. The highest BCUT2D eigenvalue weighted by Gasteiger charge is 2.23. The second-order valence-electron chi connectivity index (χ2n) is 4.77. The van der Waals surface area contributed by atoms with Crippen LogP contribution in [0.25, 0.3) is 0 Å². The van der Waals surface area contributed by atoms with E-state index in [9.17, 15) is 13.6 Å². The molecule has 110 valence electrons. The van der Waals surface area contributed by atoms with Gasteiger partial charge in [0.25, 0.3) is 0 Å². The lowest BCUT2D eigenvalue weighted by atomic mass is 10.1. The zero-order chi connectivity index (χ0) is 15.4. The number of likely N-dealkylation sites (N-methyl/N-ethyl adjacent to an activating group) is 1. The van der Waals surface area contributed by atoms with Gasteiger partial charge in [0.15, 0.2) is 11.6 Å². The summed E-state index contributed by atoms with van der Waals surface area (Å²) in [6.07, 6.45) is 3.21. The van der Waals surface area contributed by atoms with Crippen LogP contribution in [0.15, 0.2) is 42.7 Å². The summed E-state index contributed by atoms with van der Waals surface area (Å²) in [7, 11) is 3.50. The lowest BCUT2D eigenvalue weighted by molar-refractivity contribution is -0.120. The highest BCUT2D eigenvalue weighted by atomic mass is 19.2. The summed E-state index contributed by atoms with van der Waals surface area (Å²) in [5.74, 6) is -2.31. The first-order valence-electron chi connectivity index (χ1n) is 6.31. The number of carbonyl (C=O) groups excluding carboxylic acids is 1. The number of hydrogen-bond donors (Lipinski definition) is 1. The van der Waals surface area contributed by atoms with Crippen molar-refractivity contribution in [2.45, 2.75) is 6.04 Å². The van der Waals surface area contributed by atoms with Gasteiger partial charge in [0.05, 0.1) is 0 Å². The van der Waals surface area contributed by atoms with Crippen LogP contribution >= 0.6 is 0 Å². The molecule has 1 unspecified atom stereocenters. The van der Waals surface area contributed by atoms with E-state index in [0.717, 1.165) is 12.1 Å². The largest absolute Gasteiger partial charge is 0.324 e. The molecule has 1 aromatic carbocycles. The smallest absolute Gasteiger partial charge is 0.246 e. The van der Waals surface area contributed by atoms with Crippen LogP contribution in [0, 0.1) is 11.6 Å². The van der Waals surface area contributed by atoms with E-state index < -0.39 is 17.7 Å². The van der Waals surface area contributed by atoms with E-state index in [-0.39, 0.29) is 11.6 Å². The van der Waals surface area contributed by atoms with E-state index in [1.165, 1.54) is 6.07 Å². The number of anilines is 1. The first-order chi connectivity index (χ1) is 9.99. The van der Waals surface area contributed by atoms with E-state index in [0.29, 0.717) is 5.56 Å². The van der Waals surface area contributed by atoms with Crippen molar-refractivity contribution in [3.05, 3.63) is 59.9 Å². The number of benzene rings is 1. The van der Waals surface area contributed by atoms with Crippen molar-refractivity contribution in [3.8, 4) is 0 Å². The fourth-order valence-electron chi connectivity index (χ4n) is 2.01. The minimum atomic E-state index is -1.00. The van der Waals surface area contributed by atoms with E-state index in [1.54, 1.807) is 43.5 Å². The zero-order valence-corrected chi connectivity index (χ0v) is 11.7. The van der Waals surface area contributed by atoms with E-state index in [4.69, 9.17) is 0 Å². The zero-order valence-electron chi connectivity index (χ0n) is 11.7. The first kappa shape index (κ1) is 15.1. The van der Waals surface area contributed by atoms with Gasteiger partial charge in [-0.25, -0.2) is 8.78 Å². The molecule has 0 spiro atoms. The van der Waals surface area contributed by atoms with Gasteiger partial charge in [-0.1, -0.05) is 6.07 Å². The Hall–Kier alpha value is -2.34. The maximum Gasteiger partial charge on any atom is 0.246 e. The van der Waals surface area contributed by atoms with Gasteiger partial charge in [-0.2, -0.15) is 0 Å². The molecular formula is C15H15F2N3O. The number of nitrogens with zero attached hydrogens (tertiary/aromatic N) is 2. The third-order valence-electron chi connectivity index (χ3n) is 2.95. The predicted octanol–water partition coefficient (Wildman–Crippen LogP) is 2.60. The summed E-state index contributed by atoms with van der Waals surface area (Å²) in [6.45, 7) is 0. The average molecular weight is 291 g/mol. The Labute approximate surface area is 121 Å². The number of carbonyl (C=O) groups is 1. The molecule has 0 aliphatic rings. The van der Waals surface area contributed by atoms with Crippen molar-refractivity contribution in [3.63, 3.8) is 0 Å². The van der Waals surface area contributed by atoms with Gasteiger partial charge in [-0.15, -0.1) is 0 Å². The van der Waals surface area contributed by atoms with E-state index >= 15 is 0 Å². The SMILES string of the molecule is CN(C)C(C(=O)Nc1ccc(F)c(F)c1)c1cccnc1. The topological polar surface area (TPSA) is 45.2 Å². The van der Waals surface area contributed by atoms with Crippen LogP contribution in [0.5, 0.6) is 0 Å². The number of amides is 1. The third-order valence-corrected chi connectivity index (χ3v) is 2.95. The molecule has 2 rings (SSSR count). The number of rotatable bonds is 4. The Bertz CT molecular complexity index is 632. The quantitative estimate of drug-likeness (QED) is 0.941. The minimum Gasteiger partial charge on any atom is -0.324 e. The van der Waals surface area contributed by atoms with Crippen LogP contribution in [-0.4, -0.2) is 29.9 Å². The van der Waals surface area contributed by atoms with Gasteiger partial charge in [0.2, 0.25) is 5.91 Å². The van der Waals surface area contributed by atoms with Crippen LogP contribution < -0.4 is 5.32 Å². The maximum atomic E-state index is 13.2. The summed E-state index contributed by atoms with van der Waals surface area (Å²) in [5, 5.41) is 2.57. The molecule has 2 aromatic rings. The van der Waals surface area contributed by atoms with Crippen molar-refractivity contribution >= 4 is 11.6 Å². The average Bonchev–Trinajstić information content (AvgIpc) is 2.44. The Morgan fingerprint density at radius 1 is 1.24 bits per heavy atom. The third kappa shape index (κ3) is 3.61. The van der Waals surface area contributed by atoms with Gasteiger partial charge in [-0.3, -0.25) is 14.7 Å². The summed E-state index contributed by atoms with van der Waals surface area (Å²) in [4.78, 5) is 18.1. The van der Waals surface area contributed by atoms with Crippen molar-refractivity contribution < 1.29 is 13.6 Å². The molecule has 1 atom stereocenters.